The minimum absolute atomic E-state index is 0.0279. The molecule has 97 heavy (non-hydrogen) atoms. The molecule has 2 aliphatic rings. The first-order valence-corrected chi connectivity index (χ1v) is 44.0. The number of hydrogen-bond donors (Lipinski definition) is 2. The van der Waals surface area contributed by atoms with Gasteiger partial charge in [0.1, 0.15) is 12.2 Å². The van der Waals surface area contributed by atoms with Crippen molar-refractivity contribution in [1.29, 1.82) is 0 Å². The van der Waals surface area contributed by atoms with E-state index in [1.54, 1.807) is 0 Å². The van der Waals surface area contributed by atoms with Crippen LogP contribution in [-0.2, 0) is 55.6 Å². The van der Waals surface area contributed by atoms with Crippen LogP contribution in [0.5, 0.6) is 0 Å². The number of aromatic nitrogens is 2. The third-order valence-corrected chi connectivity index (χ3v) is 23.1. The Morgan fingerprint density at radius 1 is 0.361 bits per heavy atom. The van der Waals surface area contributed by atoms with Crippen molar-refractivity contribution in [3.8, 4) is 0 Å². The number of aliphatic hydroxyl groups excluding tert-OH is 2. The molecule has 10 rings (SSSR count). The second kappa shape index (κ2) is 26.2. The molecule has 0 spiro atoms. The maximum absolute atomic E-state index is 12.9. The second-order valence-electron chi connectivity index (χ2n) is 40.6. The number of allylic oxidation sites excluding steroid dienone is 2. The van der Waals surface area contributed by atoms with Gasteiger partial charge < -0.3 is 19.3 Å². The Labute approximate surface area is 602 Å². The standard InChI is InChI=1S/2C45H63NO.2CH3.Hf/c2*1-39(2,3)28-43(13,14)45(42(10,11)12)27-35(30-19-17-16-18-20-30)38(47)44(15,29-45)46-36-23-21-31(40(4,5)6)25-33(36)34-26-32(41(7,8)9)22-24-37(34)46;;;/h2*16-27,38,47H,28-29H2,1-15H3;2*1H3;. The SMILES string of the molecule is CC(C)(C)CC(C)(C)C1(C(C)(C)C)C=C(c2ccccc2)C(O)C(C)(n2c3ccc(C(C)(C)C)cc3c3cc(C(C)(C)C)ccc32)C1.CC(C)(C)CC(C)(C)C1(C(C)(C)C)C=C(c2ccccc2)C(O)C(C)(n2c3ccc(C(C)(C)C)cc3c3cc(C(C)(C)C)ccc32)C1.[CH3][Hf][CH3]. The van der Waals surface area contributed by atoms with Crippen molar-refractivity contribution < 1.29 is 33.1 Å². The van der Waals surface area contributed by atoms with Crippen LogP contribution in [0.25, 0.3) is 54.8 Å². The predicted molar refractivity (Wildman–Crippen MR) is 422 cm³/mol. The van der Waals surface area contributed by atoms with E-state index in [2.05, 4.69) is 372 Å². The molecule has 0 saturated heterocycles. The first-order chi connectivity index (χ1) is 44.1. The molecule has 6 unspecified atom stereocenters. The van der Waals surface area contributed by atoms with E-state index >= 15 is 0 Å². The summed E-state index contributed by atoms with van der Waals surface area (Å²) in [4.78, 5) is 0. The van der Waals surface area contributed by atoms with Crippen LogP contribution in [-0.4, -0.2) is 31.6 Å². The fourth-order valence-electron chi connectivity index (χ4n) is 18.8. The molecule has 526 valence electrons. The zero-order valence-corrected chi connectivity index (χ0v) is 70.7. The number of aliphatic hydroxyl groups is 2. The molecule has 0 bridgehead atoms. The van der Waals surface area contributed by atoms with Crippen molar-refractivity contribution in [1.82, 2.24) is 9.13 Å². The first-order valence-electron chi connectivity index (χ1n) is 36.8. The summed E-state index contributed by atoms with van der Waals surface area (Å²) in [6.07, 6.45) is 7.42. The molecule has 4 nitrogen and oxygen atoms in total. The number of nitrogens with zero attached hydrogens (tertiary/aromatic N) is 2. The molecular formula is C92H132HfN2O2. The van der Waals surface area contributed by atoms with Crippen molar-refractivity contribution in [2.45, 2.75) is 288 Å². The van der Waals surface area contributed by atoms with E-state index in [1.807, 2.05) is 0 Å². The van der Waals surface area contributed by atoms with Crippen LogP contribution >= 0.6 is 0 Å². The van der Waals surface area contributed by atoms with Gasteiger partial charge in [0.2, 0.25) is 0 Å². The van der Waals surface area contributed by atoms with Gasteiger partial charge in [-0.15, -0.1) is 0 Å². The second-order valence-corrected chi connectivity index (χ2v) is 44.2. The van der Waals surface area contributed by atoms with Crippen molar-refractivity contribution in [2.75, 3.05) is 0 Å². The Morgan fingerprint density at radius 3 is 0.784 bits per heavy atom. The van der Waals surface area contributed by atoms with Gasteiger partial charge in [-0.25, -0.2) is 0 Å². The van der Waals surface area contributed by atoms with Gasteiger partial charge in [-0.1, -0.05) is 291 Å². The molecule has 0 amide bonds. The Kier molecular flexibility index (Phi) is 21.1. The summed E-state index contributed by atoms with van der Waals surface area (Å²) in [5.41, 5.74) is 12.8. The van der Waals surface area contributed by atoms with Crippen LogP contribution in [0.1, 0.15) is 267 Å². The molecule has 2 aliphatic carbocycles. The number of rotatable bonds is 8. The van der Waals surface area contributed by atoms with Crippen molar-refractivity contribution in [2.24, 2.45) is 43.3 Å². The molecule has 2 heterocycles. The third kappa shape index (κ3) is 14.8. The van der Waals surface area contributed by atoms with Crippen LogP contribution in [0.2, 0.25) is 9.36 Å². The Bertz CT molecular complexity index is 3770. The van der Waals surface area contributed by atoms with E-state index in [9.17, 15) is 10.2 Å². The average molecular weight is 1480 g/mol. The van der Waals surface area contributed by atoms with Gasteiger partial charge >= 0.3 is 32.3 Å². The number of benzene rings is 6. The average Bonchev–Trinajstić information content (AvgIpc) is 1.69. The number of fused-ring (bicyclic) bond motifs is 6. The normalized spacial score (nSPS) is 22.8. The predicted octanol–water partition coefficient (Wildman–Crippen LogP) is 26.1. The van der Waals surface area contributed by atoms with E-state index in [1.165, 1.54) is 65.9 Å². The molecule has 2 aromatic heterocycles. The van der Waals surface area contributed by atoms with Crippen LogP contribution in [0.15, 0.2) is 146 Å². The van der Waals surface area contributed by atoms with Gasteiger partial charge in [-0.3, -0.25) is 0 Å². The van der Waals surface area contributed by atoms with Crippen LogP contribution in [0.4, 0.5) is 0 Å². The molecule has 8 aromatic rings. The summed E-state index contributed by atoms with van der Waals surface area (Å²) in [6.45, 7) is 71.0. The van der Waals surface area contributed by atoms with Gasteiger partial charge in [-0.2, -0.15) is 0 Å². The molecule has 6 aromatic carbocycles. The molecule has 2 N–H and O–H groups in total. The van der Waals surface area contributed by atoms with Crippen molar-refractivity contribution in [3.05, 3.63) is 179 Å². The fraction of sp³-hybridized carbons (Fsp3) is 0.565. The summed E-state index contributed by atoms with van der Waals surface area (Å²) in [6, 6.07) is 49.6. The summed E-state index contributed by atoms with van der Waals surface area (Å²) >= 11 is 0.0833. The fourth-order valence-corrected chi connectivity index (χ4v) is 18.8. The topological polar surface area (TPSA) is 50.3 Å². The summed E-state index contributed by atoms with van der Waals surface area (Å²) < 4.78 is 9.73. The molecule has 0 saturated carbocycles. The summed E-state index contributed by atoms with van der Waals surface area (Å²) in [5.74, 6) is 0. The molecule has 0 fully saturated rings. The van der Waals surface area contributed by atoms with E-state index in [0.29, 0.717) is 0 Å². The Balaban J connectivity index is 0.000000238. The molecular weight excluding hydrogens is 1340 g/mol. The van der Waals surface area contributed by atoms with E-state index in [0.717, 1.165) is 48.0 Å². The van der Waals surface area contributed by atoms with Crippen LogP contribution in [0.3, 0.4) is 0 Å². The quantitative estimate of drug-likeness (QED) is 0.149. The van der Waals surface area contributed by atoms with Gasteiger partial charge in [0.25, 0.3) is 0 Å². The molecule has 6 atom stereocenters. The monoisotopic (exact) mass is 1480 g/mol. The zero-order valence-electron chi connectivity index (χ0n) is 67.1. The maximum atomic E-state index is 12.9. The summed E-state index contributed by atoms with van der Waals surface area (Å²) in [7, 11) is 0. The van der Waals surface area contributed by atoms with Gasteiger partial charge in [0, 0.05) is 54.4 Å². The van der Waals surface area contributed by atoms with Gasteiger partial charge in [0.05, 0.1) is 11.1 Å². The van der Waals surface area contributed by atoms with Gasteiger partial charge in [0.15, 0.2) is 0 Å². The first kappa shape index (κ1) is 77.9. The zero-order chi connectivity index (χ0) is 73.1. The van der Waals surface area contributed by atoms with Crippen molar-refractivity contribution >= 4 is 54.8 Å². The van der Waals surface area contributed by atoms with Crippen LogP contribution < -0.4 is 0 Å². The van der Waals surface area contributed by atoms with Crippen molar-refractivity contribution in [3.63, 3.8) is 0 Å². The summed E-state index contributed by atoms with van der Waals surface area (Å²) in [5, 5.41) is 30.9. The van der Waals surface area contributed by atoms with E-state index in [4.69, 9.17) is 0 Å². The third-order valence-electron chi connectivity index (χ3n) is 23.1. The molecule has 0 radical (unpaired) electrons. The minimum atomic E-state index is -0.700. The van der Waals surface area contributed by atoms with E-state index in [-0.39, 0.29) is 87.9 Å². The molecule has 0 aliphatic heterocycles. The van der Waals surface area contributed by atoms with E-state index < -0.39 is 23.3 Å². The Hall–Kier alpha value is -4.81. The Morgan fingerprint density at radius 2 is 0.588 bits per heavy atom. The number of hydrogen-bond acceptors (Lipinski definition) is 2. The van der Waals surface area contributed by atoms with Crippen LogP contribution in [0, 0.1) is 43.3 Å². The van der Waals surface area contributed by atoms with Gasteiger partial charge in [-0.05, 0) is 187 Å². The molecule has 5 heteroatoms.